The average molecular weight is 279 g/mol. The van der Waals surface area contributed by atoms with Crippen molar-refractivity contribution in [1.82, 2.24) is 15.4 Å². The van der Waals surface area contributed by atoms with Crippen molar-refractivity contribution in [2.45, 2.75) is 72.0 Å². The van der Waals surface area contributed by atoms with Gasteiger partial charge in [0.2, 0.25) is 0 Å². The number of nitrogens with zero attached hydrogens (tertiary/aromatic N) is 2. The van der Waals surface area contributed by atoms with Crippen LogP contribution >= 0.6 is 0 Å². The third-order valence-corrected chi connectivity index (χ3v) is 4.50. The van der Waals surface area contributed by atoms with Crippen molar-refractivity contribution in [3.05, 3.63) is 17.0 Å². The molecular formula is C16H29N3O. The smallest absolute Gasteiger partial charge is 0.138 e. The summed E-state index contributed by atoms with van der Waals surface area (Å²) < 4.78 is 5.28. The molecule has 2 atom stereocenters. The lowest BCUT2D eigenvalue weighted by Crippen LogP contribution is -2.35. The van der Waals surface area contributed by atoms with Gasteiger partial charge < -0.3 is 14.7 Å². The highest BCUT2D eigenvalue weighted by Gasteiger charge is 2.22. The van der Waals surface area contributed by atoms with E-state index >= 15 is 0 Å². The van der Waals surface area contributed by atoms with Crippen molar-refractivity contribution in [3.8, 4) is 0 Å². The minimum Gasteiger partial charge on any atom is -0.361 e. The minimum absolute atomic E-state index is 0.317. The monoisotopic (exact) mass is 279 g/mol. The summed E-state index contributed by atoms with van der Waals surface area (Å²) in [5.41, 5.74) is 2.25. The molecule has 0 spiro atoms. The molecule has 1 aliphatic heterocycles. The van der Waals surface area contributed by atoms with Gasteiger partial charge in [0.05, 0.1) is 5.69 Å². The van der Waals surface area contributed by atoms with E-state index in [1.165, 1.54) is 37.9 Å². The molecule has 1 aliphatic rings. The molecule has 0 aliphatic carbocycles. The van der Waals surface area contributed by atoms with Crippen molar-refractivity contribution >= 4 is 0 Å². The first-order valence-electron chi connectivity index (χ1n) is 7.92. The molecule has 0 radical (unpaired) electrons. The zero-order valence-corrected chi connectivity index (χ0v) is 13.6. The maximum absolute atomic E-state index is 5.28. The largest absolute Gasteiger partial charge is 0.361 e. The standard InChI is InChI=1S/C16H29N3O/c1-11(2)19-9-6-7-15(8-10-19)17-12(3)16-13(4)18-20-14(16)5/h11-12,15,17H,6-10H2,1-5H3. The molecule has 2 rings (SSSR count). The van der Waals surface area contributed by atoms with Crippen LogP contribution in [0.25, 0.3) is 0 Å². The molecule has 0 amide bonds. The Kier molecular flexibility index (Phi) is 5.22. The first-order valence-corrected chi connectivity index (χ1v) is 7.92. The zero-order chi connectivity index (χ0) is 14.7. The van der Waals surface area contributed by atoms with Crippen molar-refractivity contribution in [2.24, 2.45) is 0 Å². The molecule has 0 saturated carbocycles. The maximum Gasteiger partial charge on any atom is 0.138 e. The third-order valence-electron chi connectivity index (χ3n) is 4.50. The Hall–Kier alpha value is -0.870. The predicted molar refractivity (Wildman–Crippen MR) is 81.9 cm³/mol. The van der Waals surface area contributed by atoms with E-state index in [0.717, 1.165) is 11.5 Å². The summed E-state index contributed by atoms with van der Waals surface area (Å²) in [6.07, 6.45) is 3.77. The van der Waals surface area contributed by atoms with Crippen LogP contribution in [0.1, 0.15) is 63.1 Å². The Bertz CT molecular complexity index is 408. The van der Waals surface area contributed by atoms with Gasteiger partial charge in [0.1, 0.15) is 5.76 Å². The SMILES string of the molecule is Cc1noc(C)c1C(C)NC1CCCN(C(C)C)CC1. The Labute approximate surface area is 122 Å². The lowest BCUT2D eigenvalue weighted by atomic mass is 10.0. The number of aryl methyl sites for hydroxylation is 2. The van der Waals surface area contributed by atoms with Crippen LogP contribution < -0.4 is 5.32 Å². The second-order valence-electron chi connectivity index (χ2n) is 6.38. The van der Waals surface area contributed by atoms with Crippen LogP contribution in [0.4, 0.5) is 0 Å². The third kappa shape index (κ3) is 3.61. The highest BCUT2D eigenvalue weighted by molar-refractivity contribution is 5.24. The second kappa shape index (κ2) is 6.72. The van der Waals surface area contributed by atoms with Gasteiger partial charge in [0.15, 0.2) is 0 Å². The number of likely N-dealkylation sites (tertiary alicyclic amines) is 1. The average Bonchev–Trinajstić information content (AvgIpc) is 2.61. The number of hydrogen-bond donors (Lipinski definition) is 1. The molecule has 2 heterocycles. The van der Waals surface area contributed by atoms with E-state index in [0.29, 0.717) is 18.1 Å². The van der Waals surface area contributed by atoms with Crippen molar-refractivity contribution < 1.29 is 4.52 Å². The van der Waals surface area contributed by atoms with E-state index in [2.05, 4.69) is 36.1 Å². The summed E-state index contributed by atoms with van der Waals surface area (Å²) in [6.45, 7) is 13.3. The quantitative estimate of drug-likeness (QED) is 0.919. The van der Waals surface area contributed by atoms with Gasteiger partial charge >= 0.3 is 0 Å². The Morgan fingerprint density at radius 1 is 1.20 bits per heavy atom. The molecule has 0 bridgehead atoms. The molecule has 20 heavy (non-hydrogen) atoms. The Morgan fingerprint density at radius 2 is 1.95 bits per heavy atom. The van der Waals surface area contributed by atoms with E-state index in [1.54, 1.807) is 0 Å². The van der Waals surface area contributed by atoms with Crippen LogP contribution in [0.3, 0.4) is 0 Å². The fourth-order valence-electron chi connectivity index (χ4n) is 3.35. The van der Waals surface area contributed by atoms with Crippen molar-refractivity contribution in [2.75, 3.05) is 13.1 Å². The summed E-state index contributed by atoms with van der Waals surface area (Å²) in [5.74, 6) is 0.944. The number of rotatable bonds is 4. The maximum atomic E-state index is 5.28. The molecule has 1 N–H and O–H groups in total. The number of hydrogen-bond acceptors (Lipinski definition) is 4. The summed E-state index contributed by atoms with van der Waals surface area (Å²) in [7, 11) is 0. The van der Waals surface area contributed by atoms with Crippen molar-refractivity contribution in [3.63, 3.8) is 0 Å². The normalized spacial score (nSPS) is 23.0. The van der Waals surface area contributed by atoms with Crippen LogP contribution in [-0.2, 0) is 0 Å². The van der Waals surface area contributed by atoms with Crippen LogP contribution in [0.5, 0.6) is 0 Å². The Balaban J connectivity index is 1.93. The number of nitrogens with one attached hydrogen (secondary N) is 1. The molecule has 1 saturated heterocycles. The molecule has 2 unspecified atom stereocenters. The van der Waals surface area contributed by atoms with Gasteiger partial charge in [0.25, 0.3) is 0 Å². The highest BCUT2D eigenvalue weighted by atomic mass is 16.5. The van der Waals surface area contributed by atoms with E-state index in [4.69, 9.17) is 4.52 Å². The van der Waals surface area contributed by atoms with Crippen LogP contribution in [0, 0.1) is 13.8 Å². The first-order chi connectivity index (χ1) is 9.49. The van der Waals surface area contributed by atoms with Crippen LogP contribution in [0.15, 0.2) is 4.52 Å². The van der Waals surface area contributed by atoms with Gasteiger partial charge in [-0.3, -0.25) is 0 Å². The lowest BCUT2D eigenvalue weighted by molar-refractivity contribution is 0.228. The summed E-state index contributed by atoms with van der Waals surface area (Å²) in [5, 5.41) is 7.84. The molecule has 114 valence electrons. The Morgan fingerprint density at radius 3 is 2.55 bits per heavy atom. The fourth-order valence-corrected chi connectivity index (χ4v) is 3.35. The van der Waals surface area contributed by atoms with Crippen LogP contribution in [-0.4, -0.2) is 35.2 Å². The van der Waals surface area contributed by atoms with Gasteiger partial charge in [0, 0.05) is 23.7 Å². The van der Waals surface area contributed by atoms with Gasteiger partial charge in [-0.1, -0.05) is 5.16 Å². The molecule has 0 aromatic carbocycles. The molecule has 4 heteroatoms. The molecule has 1 aromatic heterocycles. The fraction of sp³-hybridized carbons (Fsp3) is 0.812. The van der Waals surface area contributed by atoms with Crippen LogP contribution in [0.2, 0.25) is 0 Å². The summed E-state index contributed by atoms with van der Waals surface area (Å²) in [4.78, 5) is 2.59. The first kappa shape index (κ1) is 15.5. The molecule has 1 aromatic rings. The highest BCUT2D eigenvalue weighted by Crippen LogP contribution is 2.23. The zero-order valence-electron chi connectivity index (χ0n) is 13.6. The van der Waals surface area contributed by atoms with E-state index in [1.807, 2.05) is 13.8 Å². The minimum atomic E-state index is 0.317. The lowest BCUT2D eigenvalue weighted by Gasteiger charge is -2.25. The van der Waals surface area contributed by atoms with Gasteiger partial charge in [-0.25, -0.2) is 0 Å². The summed E-state index contributed by atoms with van der Waals surface area (Å²) >= 11 is 0. The molecule has 4 nitrogen and oxygen atoms in total. The molecular weight excluding hydrogens is 250 g/mol. The summed E-state index contributed by atoms with van der Waals surface area (Å²) in [6, 6.07) is 1.58. The van der Waals surface area contributed by atoms with Gasteiger partial charge in [-0.15, -0.1) is 0 Å². The van der Waals surface area contributed by atoms with Gasteiger partial charge in [-0.2, -0.15) is 0 Å². The van der Waals surface area contributed by atoms with E-state index in [-0.39, 0.29) is 0 Å². The second-order valence-corrected chi connectivity index (χ2v) is 6.38. The van der Waals surface area contributed by atoms with E-state index in [9.17, 15) is 0 Å². The predicted octanol–water partition coefficient (Wildman–Crippen LogP) is 3.20. The van der Waals surface area contributed by atoms with Crippen molar-refractivity contribution in [1.29, 1.82) is 0 Å². The topological polar surface area (TPSA) is 41.3 Å². The van der Waals surface area contributed by atoms with E-state index < -0.39 is 0 Å². The molecule has 1 fully saturated rings. The number of aromatic nitrogens is 1. The van der Waals surface area contributed by atoms with Gasteiger partial charge in [-0.05, 0) is 67.0 Å².